The van der Waals surface area contributed by atoms with Crippen molar-refractivity contribution in [2.45, 2.75) is 20.9 Å². The molecular weight excluding hydrogens is 336 g/mol. The van der Waals surface area contributed by atoms with E-state index in [-0.39, 0.29) is 11.2 Å². The maximum absolute atomic E-state index is 12.2. The monoisotopic (exact) mass is 354 g/mol. The minimum absolute atomic E-state index is 0.0384. The summed E-state index contributed by atoms with van der Waals surface area (Å²) in [5.74, 6) is -0.0384. The third kappa shape index (κ3) is 4.62. The van der Waals surface area contributed by atoms with Gasteiger partial charge in [0.2, 0.25) is 5.91 Å². The molecule has 0 saturated carbocycles. The van der Waals surface area contributed by atoms with Gasteiger partial charge in [-0.05, 0) is 37.4 Å². The van der Waals surface area contributed by atoms with Gasteiger partial charge in [-0.3, -0.25) is 4.79 Å². The van der Waals surface area contributed by atoms with Crippen molar-refractivity contribution < 1.29 is 4.79 Å². The van der Waals surface area contributed by atoms with E-state index in [1.807, 2.05) is 56.4 Å². The van der Waals surface area contributed by atoms with Crippen LogP contribution in [0.5, 0.6) is 0 Å². The number of thioether (sulfide) groups is 2. The fraction of sp³-hybridized carbons (Fsp3) is 0.357. The third-order valence-corrected chi connectivity index (χ3v) is 5.94. The summed E-state index contributed by atoms with van der Waals surface area (Å²) in [7, 11) is 3.97. The Bertz CT molecular complexity index is 627. The molecule has 1 atom stereocenters. The Morgan fingerprint density at radius 3 is 2.41 bits per heavy atom. The molecule has 0 bridgehead atoms. The second-order valence-electron chi connectivity index (χ2n) is 4.73. The summed E-state index contributed by atoms with van der Waals surface area (Å²) < 4.78 is 1.73. The maximum atomic E-state index is 12.2. The van der Waals surface area contributed by atoms with E-state index in [1.165, 1.54) is 23.1 Å². The van der Waals surface area contributed by atoms with Gasteiger partial charge >= 0.3 is 0 Å². The van der Waals surface area contributed by atoms with Crippen molar-refractivity contribution in [3.63, 3.8) is 0 Å². The van der Waals surface area contributed by atoms with Crippen molar-refractivity contribution in [2.24, 2.45) is 0 Å². The maximum Gasteiger partial charge on any atom is 0.237 e. The number of anilines is 2. The fourth-order valence-electron chi connectivity index (χ4n) is 1.62. The van der Waals surface area contributed by atoms with Gasteiger partial charge in [-0.15, -0.1) is 10.2 Å². The Balaban J connectivity index is 1.93. The van der Waals surface area contributed by atoms with Gasteiger partial charge in [0.1, 0.15) is 0 Å². The first kappa shape index (κ1) is 17.1. The van der Waals surface area contributed by atoms with E-state index in [9.17, 15) is 4.79 Å². The van der Waals surface area contributed by atoms with Crippen LogP contribution in [0.1, 0.15) is 6.92 Å². The summed E-state index contributed by atoms with van der Waals surface area (Å²) in [6, 6.07) is 7.76. The van der Waals surface area contributed by atoms with Crippen LogP contribution in [0.2, 0.25) is 0 Å². The number of amides is 1. The molecule has 5 nitrogen and oxygen atoms in total. The Kier molecular flexibility index (Phi) is 6.10. The molecule has 0 radical (unpaired) electrons. The largest absolute Gasteiger partial charge is 0.378 e. The van der Waals surface area contributed by atoms with Crippen molar-refractivity contribution in [3.05, 3.63) is 24.3 Å². The Morgan fingerprint density at radius 2 is 1.86 bits per heavy atom. The molecule has 1 unspecified atom stereocenters. The van der Waals surface area contributed by atoms with Crippen LogP contribution >= 0.6 is 34.9 Å². The van der Waals surface area contributed by atoms with Crippen molar-refractivity contribution in [1.29, 1.82) is 0 Å². The van der Waals surface area contributed by atoms with Gasteiger partial charge in [0.05, 0.1) is 5.25 Å². The summed E-state index contributed by atoms with van der Waals surface area (Å²) in [5, 5.41) is 10.8. The lowest BCUT2D eigenvalue weighted by molar-refractivity contribution is -0.115. The van der Waals surface area contributed by atoms with E-state index in [4.69, 9.17) is 0 Å². The highest BCUT2D eigenvalue weighted by Crippen LogP contribution is 2.30. The average Bonchev–Trinajstić information content (AvgIpc) is 2.95. The normalized spacial score (nSPS) is 12.0. The summed E-state index contributed by atoms with van der Waals surface area (Å²) in [4.78, 5) is 14.2. The number of hydrogen-bond donors (Lipinski definition) is 1. The second kappa shape index (κ2) is 7.85. The standard InChI is InChI=1S/C14H18N4OS3/c1-9(21-14-17-16-13(20-4)22-14)12(19)15-10-5-7-11(8-6-10)18(2)3/h5-9H,1-4H3,(H,15,19). The average molecular weight is 355 g/mol. The smallest absolute Gasteiger partial charge is 0.237 e. The summed E-state index contributed by atoms with van der Waals surface area (Å²) >= 11 is 4.49. The van der Waals surface area contributed by atoms with Gasteiger partial charge in [-0.2, -0.15) is 0 Å². The van der Waals surface area contributed by atoms with E-state index >= 15 is 0 Å². The number of aromatic nitrogens is 2. The number of nitrogens with one attached hydrogen (secondary N) is 1. The number of nitrogens with zero attached hydrogens (tertiary/aromatic N) is 3. The molecule has 118 valence electrons. The summed E-state index contributed by atoms with van der Waals surface area (Å²) in [5.41, 5.74) is 1.89. The number of carbonyl (C=O) groups excluding carboxylic acids is 1. The molecule has 1 amide bonds. The molecule has 22 heavy (non-hydrogen) atoms. The Morgan fingerprint density at radius 1 is 1.23 bits per heavy atom. The topological polar surface area (TPSA) is 58.1 Å². The predicted molar refractivity (Wildman–Crippen MR) is 96.4 cm³/mol. The Hall–Kier alpha value is -1.25. The number of carbonyl (C=O) groups is 1. The van der Waals surface area contributed by atoms with E-state index in [2.05, 4.69) is 15.5 Å². The molecule has 0 saturated heterocycles. The molecule has 0 aliphatic heterocycles. The fourth-order valence-corrected chi connectivity index (χ4v) is 4.20. The lowest BCUT2D eigenvalue weighted by Crippen LogP contribution is -2.22. The predicted octanol–water partition coefficient (Wildman–Crippen LogP) is 3.45. The molecule has 1 aromatic carbocycles. The van der Waals surface area contributed by atoms with Crippen molar-refractivity contribution in [1.82, 2.24) is 10.2 Å². The van der Waals surface area contributed by atoms with Crippen molar-refractivity contribution in [3.8, 4) is 0 Å². The quantitative estimate of drug-likeness (QED) is 0.802. The van der Waals surface area contributed by atoms with E-state index in [0.717, 1.165) is 20.1 Å². The second-order valence-corrected chi connectivity index (χ2v) is 8.35. The Labute approximate surface area is 142 Å². The van der Waals surface area contributed by atoms with E-state index in [0.29, 0.717) is 0 Å². The zero-order valence-electron chi connectivity index (χ0n) is 12.9. The van der Waals surface area contributed by atoms with Gasteiger partial charge in [-0.1, -0.05) is 34.9 Å². The highest BCUT2D eigenvalue weighted by atomic mass is 32.2. The SMILES string of the molecule is CSc1nnc(SC(C)C(=O)Nc2ccc(N(C)C)cc2)s1. The molecule has 2 aromatic rings. The van der Waals surface area contributed by atoms with E-state index in [1.54, 1.807) is 11.8 Å². The van der Waals surface area contributed by atoms with Gasteiger partial charge in [0, 0.05) is 25.5 Å². The molecule has 0 spiro atoms. The number of benzene rings is 1. The van der Waals surface area contributed by atoms with Crippen LogP contribution in [0, 0.1) is 0 Å². The molecule has 0 aliphatic rings. The lowest BCUT2D eigenvalue weighted by atomic mass is 10.2. The molecule has 2 rings (SSSR count). The zero-order chi connectivity index (χ0) is 16.1. The van der Waals surface area contributed by atoms with E-state index < -0.39 is 0 Å². The molecule has 0 aliphatic carbocycles. The first-order valence-electron chi connectivity index (χ1n) is 6.62. The van der Waals surface area contributed by atoms with Gasteiger partial charge in [0.15, 0.2) is 8.68 Å². The highest BCUT2D eigenvalue weighted by molar-refractivity contribution is 8.03. The summed E-state index contributed by atoms with van der Waals surface area (Å²) in [6.45, 7) is 1.87. The molecule has 0 fully saturated rings. The number of rotatable bonds is 6. The van der Waals surface area contributed by atoms with Crippen LogP contribution in [0.25, 0.3) is 0 Å². The highest BCUT2D eigenvalue weighted by Gasteiger charge is 2.17. The lowest BCUT2D eigenvalue weighted by Gasteiger charge is -2.14. The molecular formula is C14H18N4OS3. The third-order valence-electron chi connectivity index (χ3n) is 2.86. The van der Waals surface area contributed by atoms with Gasteiger partial charge in [0.25, 0.3) is 0 Å². The molecule has 1 heterocycles. The van der Waals surface area contributed by atoms with Crippen LogP contribution in [0.3, 0.4) is 0 Å². The summed E-state index contributed by atoms with van der Waals surface area (Å²) in [6.07, 6.45) is 1.96. The molecule has 1 N–H and O–H groups in total. The van der Waals surface area contributed by atoms with Gasteiger partial charge < -0.3 is 10.2 Å². The number of hydrogen-bond acceptors (Lipinski definition) is 7. The van der Waals surface area contributed by atoms with Crippen LogP contribution < -0.4 is 10.2 Å². The van der Waals surface area contributed by atoms with Gasteiger partial charge in [-0.25, -0.2) is 0 Å². The first-order chi connectivity index (χ1) is 10.5. The molecule has 1 aromatic heterocycles. The molecule has 8 heteroatoms. The van der Waals surface area contributed by atoms with Crippen LogP contribution in [-0.4, -0.2) is 41.7 Å². The van der Waals surface area contributed by atoms with Crippen LogP contribution in [-0.2, 0) is 4.79 Å². The minimum atomic E-state index is -0.226. The zero-order valence-corrected chi connectivity index (χ0v) is 15.3. The first-order valence-corrected chi connectivity index (χ1v) is 9.54. The van der Waals surface area contributed by atoms with Crippen LogP contribution in [0.4, 0.5) is 11.4 Å². The minimum Gasteiger partial charge on any atom is -0.378 e. The van der Waals surface area contributed by atoms with Crippen molar-refractivity contribution in [2.75, 3.05) is 30.6 Å². The van der Waals surface area contributed by atoms with Crippen LogP contribution in [0.15, 0.2) is 32.9 Å². The van der Waals surface area contributed by atoms with Crippen molar-refractivity contribution >= 4 is 52.1 Å².